The largest absolute Gasteiger partial charge is 0.497 e. The molecule has 0 aromatic heterocycles. The number of carbonyl (C=O) groups is 1. The van der Waals surface area contributed by atoms with E-state index < -0.39 is 0 Å². The fourth-order valence-corrected chi connectivity index (χ4v) is 2.56. The molecule has 144 valence electrons. The first-order valence-corrected chi connectivity index (χ1v) is 8.84. The van der Waals surface area contributed by atoms with Gasteiger partial charge in [0, 0.05) is 37.5 Å². The molecule has 0 heterocycles. The van der Waals surface area contributed by atoms with Crippen LogP contribution >= 0.6 is 0 Å². The minimum Gasteiger partial charge on any atom is -0.497 e. The molecule has 2 rings (SSSR count). The van der Waals surface area contributed by atoms with Crippen molar-refractivity contribution in [3.8, 4) is 11.5 Å². The predicted molar refractivity (Wildman–Crippen MR) is 111 cm³/mol. The Bertz CT molecular complexity index is 778. The Morgan fingerprint density at radius 3 is 2.22 bits per heavy atom. The monoisotopic (exact) mass is 368 g/mol. The highest BCUT2D eigenvalue weighted by atomic mass is 16.5. The Kier molecular flexibility index (Phi) is 7.44. The van der Waals surface area contributed by atoms with E-state index in [4.69, 9.17) is 9.47 Å². The second-order valence-corrected chi connectivity index (χ2v) is 6.62. The zero-order chi connectivity index (χ0) is 19.8. The van der Waals surface area contributed by atoms with Crippen molar-refractivity contribution in [3.63, 3.8) is 0 Å². The summed E-state index contributed by atoms with van der Waals surface area (Å²) in [5.74, 6) is 1.09. The van der Waals surface area contributed by atoms with Crippen molar-refractivity contribution in [2.75, 3.05) is 53.4 Å². The van der Waals surface area contributed by atoms with Gasteiger partial charge in [0.25, 0.3) is 0 Å². The fourth-order valence-electron chi connectivity index (χ4n) is 2.56. The van der Waals surface area contributed by atoms with E-state index in [0.717, 1.165) is 24.3 Å². The van der Waals surface area contributed by atoms with Crippen LogP contribution in [-0.4, -0.2) is 59.1 Å². The van der Waals surface area contributed by atoms with Crippen molar-refractivity contribution in [2.45, 2.75) is 0 Å². The highest BCUT2D eigenvalue weighted by molar-refractivity contribution is 6.07. The molecule has 2 aromatic carbocycles. The van der Waals surface area contributed by atoms with E-state index in [1.165, 1.54) is 0 Å². The number of benzene rings is 2. The Morgan fingerprint density at radius 2 is 1.63 bits per heavy atom. The number of carbonyl (C=O) groups excluding carboxylic acids is 1. The number of nitrogens with zero attached hydrogens (tertiary/aromatic N) is 2. The lowest BCUT2D eigenvalue weighted by atomic mass is 10.1. The molecule has 0 aliphatic carbocycles. The molecule has 0 aliphatic heterocycles. The third-order valence-electron chi connectivity index (χ3n) is 4.26. The molecule has 0 amide bonds. The van der Waals surface area contributed by atoms with Crippen molar-refractivity contribution < 1.29 is 14.3 Å². The maximum atomic E-state index is 12.5. The van der Waals surface area contributed by atoms with Gasteiger partial charge in [-0.2, -0.15) is 0 Å². The summed E-state index contributed by atoms with van der Waals surface area (Å²) in [5.41, 5.74) is 2.63. The van der Waals surface area contributed by atoms with Gasteiger partial charge in [0.2, 0.25) is 0 Å². The minimum absolute atomic E-state index is 0.0986. The smallest absolute Gasteiger partial charge is 0.186 e. The van der Waals surface area contributed by atoms with Crippen LogP contribution in [0.25, 0.3) is 6.08 Å². The first-order valence-electron chi connectivity index (χ1n) is 8.84. The van der Waals surface area contributed by atoms with Crippen LogP contribution in [0.4, 0.5) is 5.69 Å². The first-order chi connectivity index (χ1) is 12.9. The molecular formula is C22H28N2O3. The number of allylic oxidation sites excluding steroid dienone is 1. The molecule has 5 heteroatoms. The SMILES string of the molecule is COc1cc(OC)cc(C(=O)C=Cc2cccc(N(C)CCN(C)C)c2)c1. The Balaban J connectivity index is 2.13. The quantitative estimate of drug-likeness (QED) is 0.500. The molecule has 0 saturated heterocycles. The maximum absolute atomic E-state index is 12.5. The number of likely N-dealkylation sites (N-methyl/N-ethyl adjacent to an activating group) is 2. The van der Waals surface area contributed by atoms with Gasteiger partial charge in [-0.15, -0.1) is 0 Å². The van der Waals surface area contributed by atoms with Crippen molar-refractivity contribution >= 4 is 17.5 Å². The summed E-state index contributed by atoms with van der Waals surface area (Å²) in [7, 11) is 9.33. The summed E-state index contributed by atoms with van der Waals surface area (Å²) < 4.78 is 10.5. The second-order valence-electron chi connectivity index (χ2n) is 6.62. The summed E-state index contributed by atoms with van der Waals surface area (Å²) in [6.07, 6.45) is 3.41. The molecule has 0 radical (unpaired) electrons. The summed E-state index contributed by atoms with van der Waals surface area (Å²) in [6.45, 7) is 1.91. The van der Waals surface area contributed by atoms with Crippen LogP contribution in [0, 0.1) is 0 Å². The molecular weight excluding hydrogens is 340 g/mol. The molecule has 0 spiro atoms. The van der Waals surface area contributed by atoms with E-state index in [1.54, 1.807) is 38.5 Å². The van der Waals surface area contributed by atoms with Crippen molar-refractivity contribution in [2.24, 2.45) is 0 Å². The third kappa shape index (κ3) is 6.15. The van der Waals surface area contributed by atoms with Crippen molar-refractivity contribution in [3.05, 3.63) is 59.7 Å². The van der Waals surface area contributed by atoms with Crippen LogP contribution in [-0.2, 0) is 0 Å². The van der Waals surface area contributed by atoms with Gasteiger partial charge in [-0.25, -0.2) is 0 Å². The highest BCUT2D eigenvalue weighted by Crippen LogP contribution is 2.23. The molecule has 0 bridgehead atoms. The van der Waals surface area contributed by atoms with E-state index in [9.17, 15) is 4.79 Å². The average Bonchev–Trinajstić information content (AvgIpc) is 2.69. The van der Waals surface area contributed by atoms with E-state index >= 15 is 0 Å². The Hall–Kier alpha value is -2.79. The van der Waals surface area contributed by atoms with Gasteiger partial charge in [0.05, 0.1) is 14.2 Å². The van der Waals surface area contributed by atoms with Gasteiger partial charge in [-0.1, -0.05) is 18.2 Å². The number of hydrogen-bond acceptors (Lipinski definition) is 5. The molecule has 0 fully saturated rings. The van der Waals surface area contributed by atoms with Gasteiger partial charge in [0.15, 0.2) is 5.78 Å². The number of methoxy groups -OCH3 is 2. The maximum Gasteiger partial charge on any atom is 0.186 e. The molecule has 2 aromatic rings. The molecule has 0 N–H and O–H groups in total. The fraction of sp³-hybridized carbons (Fsp3) is 0.318. The zero-order valence-corrected chi connectivity index (χ0v) is 16.7. The van der Waals surface area contributed by atoms with E-state index in [2.05, 4.69) is 43.1 Å². The summed E-state index contributed by atoms with van der Waals surface area (Å²) in [5, 5.41) is 0. The lowest BCUT2D eigenvalue weighted by Crippen LogP contribution is -2.28. The van der Waals surface area contributed by atoms with Crippen LogP contribution in [0.15, 0.2) is 48.5 Å². The molecule has 0 aliphatic rings. The lowest BCUT2D eigenvalue weighted by molar-refractivity contribution is 0.104. The molecule has 0 atom stereocenters. The summed E-state index contributed by atoms with van der Waals surface area (Å²) in [6, 6.07) is 13.3. The van der Waals surface area contributed by atoms with E-state index in [-0.39, 0.29) is 5.78 Å². The van der Waals surface area contributed by atoms with Gasteiger partial charge in [-0.3, -0.25) is 4.79 Å². The van der Waals surface area contributed by atoms with E-state index in [1.807, 2.05) is 18.2 Å². The van der Waals surface area contributed by atoms with Crippen molar-refractivity contribution in [1.29, 1.82) is 0 Å². The predicted octanol–water partition coefficient (Wildman–Crippen LogP) is 3.60. The Morgan fingerprint density at radius 1 is 0.963 bits per heavy atom. The molecule has 27 heavy (non-hydrogen) atoms. The van der Waals surface area contributed by atoms with Gasteiger partial charge >= 0.3 is 0 Å². The minimum atomic E-state index is -0.0986. The van der Waals surface area contributed by atoms with Crippen molar-refractivity contribution in [1.82, 2.24) is 4.90 Å². The Labute approximate surface area is 161 Å². The van der Waals surface area contributed by atoms with Gasteiger partial charge in [-0.05, 0) is 50.0 Å². The number of hydrogen-bond donors (Lipinski definition) is 0. The number of rotatable bonds is 9. The van der Waals surface area contributed by atoms with Crippen LogP contribution in [0.5, 0.6) is 11.5 Å². The molecule has 0 unspecified atom stereocenters. The van der Waals surface area contributed by atoms with Crippen LogP contribution < -0.4 is 14.4 Å². The topological polar surface area (TPSA) is 42.0 Å². The van der Waals surface area contributed by atoms with Crippen LogP contribution in [0.1, 0.15) is 15.9 Å². The third-order valence-corrected chi connectivity index (χ3v) is 4.26. The lowest BCUT2D eigenvalue weighted by Gasteiger charge is -2.21. The second kappa shape index (κ2) is 9.78. The van der Waals surface area contributed by atoms with Gasteiger partial charge in [0.1, 0.15) is 11.5 Å². The zero-order valence-electron chi connectivity index (χ0n) is 16.7. The number of anilines is 1. The highest BCUT2D eigenvalue weighted by Gasteiger charge is 2.08. The average molecular weight is 368 g/mol. The van der Waals surface area contributed by atoms with E-state index in [0.29, 0.717) is 17.1 Å². The number of ether oxygens (including phenoxy) is 2. The normalized spacial score (nSPS) is 11.0. The standard InChI is InChI=1S/C22H28N2O3/c1-23(2)11-12-24(3)19-8-6-7-17(13-19)9-10-22(25)18-14-20(26-4)16-21(15-18)27-5/h6-10,13-16H,11-12H2,1-5H3. The van der Waals surface area contributed by atoms with Gasteiger partial charge < -0.3 is 19.3 Å². The van der Waals surface area contributed by atoms with Crippen LogP contribution in [0.2, 0.25) is 0 Å². The summed E-state index contributed by atoms with van der Waals surface area (Å²) >= 11 is 0. The molecule has 5 nitrogen and oxygen atoms in total. The number of ketones is 1. The van der Waals surface area contributed by atoms with Crippen LogP contribution in [0.3, 0.4) is 0 Å². The summed E-state index contributed by atoms with van der Waals surface area (Å²) in [4.78, 5) is 16.9. The first kappa shape index (κ1) is 20.5. The molecule has 0 saturated carbocycles.